The second-order valence-electron chi connectivity index (χ2n) is 4.76. The quantitative estimate of drug-likeness (QED) is 0.803. The molecule has 1 aromatic heterocycles. The molecule has 18 heavy (non-hydrogen) atoms. The minimum Gasteiger partial charge on any atom is -0.473 e. The molecule has 2 rings (SSSR count). The second kappa shape index (κ2) is 5.45. The first kappa shape index (κ1) is 13.6. The Labute approximate surface area is 112 Å². The highest BCUT2D eigenvalue weighted by Gasteiger charge is 2.24. The largest absolute Gasteiger partial charge is 0.473 e. The fraction of sp³-hybridized carbons (Fsp3) is 0.583. The average molecular weight is 290 g/mol. The van der Waals surface area contributed by atoms with E-state index in [4.69, 9.17) is 15.4 Å². The van der Waals surface area contributed by atoms with Gasteiger partial charge >= 0.3 is 0 Å². The van der Waals surface area contributed by atoms with Gasteiger partial charge in [-0.15, -0.1) is 0 Å². The van der Waals surface area contributed by atoms with Crippen molar-refractivity contribution in [2.24, 2.45) is 5.92 Å². The number of halogens is 1. The van der Waals surface area contributed by atoms with Crippen LogP contribution >= 0.6 is 10.7 Å². The van der Waals surface area contributed by atoms with Crippen LogP contribution in [0.4, 0.5) is 0 Å². The van der Waals surface area contributed by atoms with Crippen LogP contribution in [0.1, 0.15) is 32.6 Å². The lowest BCUT2D eigenvalue weighted by molar-refractivity contribution is 0.120. The third-order valence-corrected chi connectivity index (χ3v) is 4.50. The van der Waals surface area contributed by atoms with E-state index in [0.29, 0.717) is 5.92 Å². The highest BCUT2D eigenvalue weighted by Crippen LogP contribution is 2.30. The third kappa shape index (κ3) is 3.36. The summed E-state index contributed by atoms with van der Waals surface area (Å²) >= 11 is 0. The van der Waals surface area contributed by atoms with Crippen molar-refractivity contribution in [1.82, 2.24) is 4.98 Å². The summed E-state index contributed by atoms with van der Waals surface area (Å²) in [5.74, 6) is 0.718. The number of pyridine rings is 1. The van der Waals surface area contributed by atoms with Crippen molar-refractivity contribution in [3.63, 3.8) is 0 Å². The fourth-order valence-corrected chi connectivity index (χ4v) is 3.20. The molecule has 2 atom stereocenters. The van der Waals surface area contributed by atoms with Crippen LogP contribution in [0.15, 0.2) is 23.2 Å². The lowest BCUT2D eigenvalue weighted by Gasteiger charge is -2.27. The lowest BCUT2D eigenvalue weighted by Crippen LogP contribution is -2.25. The van der Waals surface area contributed by atoms with Gasteiger partial charge in [-0.05, 0) is 37.3 Å². The van der Waals surface area contributed by atoms with Gasteiger partial charge in [0.25, 0.3) is 9.05 Å². The van der Waals surface area contributed by atoms with Crippen LogP contribution in [-0.2, 0) is 9.05 Å². The van der Waals surface area contributed by atoms with Crippen LogP contribution in [0, 0.1) is 5.92 Å². The molecule has 1 heterocycles. The molecule has 1 saturated carbocycles. The van der Waals surface area contributed by atoms with Gasteiger partial charge in [0.1, 0.15) is 11.0 Å². The lowest BCUT2D eigenvalue weighted by atomic mass is 9.89. The number of ether oxygens (including phenoxy) is 1. The molecule has 0 aromatic carbocycles. The molecule has 0 saturated heterocycles. The average Bonchev–Trinajstić information content (AvgIpc) is 2.28. The van der Waals surface area contributed by atoms with E-state index in [2.05, 4.69) is 11.9 Å². The first-order valence-corrected chi connectivity index (χ1v) is 8.34. The molecule has 1 aromatic rings. The number of nitrogens with zero attached hydrogens (tertiary/aromatic N) is 1. The van der Waals surface area contributed by atoms with Gasteiger partial charge in [0.2, 0.25) is 5.88 Å². The zero-order chi connectivity index (χ0) is 13.2. The van der Waals surface area contributed by atoms with Crippen molar-refractivity contribution in [1.29, 1.82) is 0 Å². The van der Waals surface area contributed by atoms with E-state index >= 15 is 0 Å². The molecular weight excluding hydrogens is 274 g/mol. The van der Waals surface area contributed by atoms with Crippen molar-refractivity contribution in [2.45, 2.75) is 43.6 Å². The normalized spacial score (nSPS) is 24.8. The Balaban J connectivity index is 2.19. The maximum atomic E-state index is 11.4. The number of hydrogen-bond acceptors (Lipinski definition) is 4. The molecule has 0 amide bonds. The molecule has 0 radical (unpaired) electrons. The van der Waals surface area contributed by atoms with Crippen LogP contribution in [0.5, 0.6) is 5.88 Å². The summed E-state index contributed by atoms with van der Waals surface area (Å²) in [7, 11) is 1.55. The SMILES string of the molecule is CC1CCCC(Oc2ncccc2S(=O)(=O)Cl)C1. The molecule has 0 bridgehead atoms. The van der Waals surface area contributed by atoms with Gasteiger partial charge in [-0.2, -0.15) is 0 Å². The number of rotatable bonds is 3. The Kier molecular flexibility index (Phi) is 4.12. The van der Waals surface area contributed by atoms with E-state index in [1.54, 1.807) is 0 Å². The minimum absolute atomic E-state index is 0.0285. The molecule has 1 fully saturated rings. The van der Waals surface area contributed by atoms with Crippen molar-refractivity contribution >= 4 is 19.7 Å². The van der Waals surface area contributed by atoms with E-state index in [9.17, 15) is 8.42 Å². The maximum Gasteiger partial charge on any atom is 0.266 e. The van der Waals surface area contributed by atoms with Crippen LogP contribution in [0.3, 0.4) is 0 Å². The second-order valence-corrected chi connectivity index (χ2v) is 7.29. The summed E-state index contributed by atoms with van der Waals surface area (Å²) in [6.45, 7) is 2.17. The molecule has 100 valence electrons. The molecule has 0 spiro atoms. The number of hydrogen-bond donors (Lipinski definition) is 0. The summed E-state index contributed by atoms with van der Waals surface area (Å²) in [4.78, 5) is 3.93. The summed E-state index contributed by atoms with van der Waals surface area (Å²) in [6, 6.07) is 2.95. The fourth-order valence-electron chi connectivity index (χ4n) is 2.29. The third-order valence-electron chi connectivity index (χ3n) is 3.17. The van der Waals surface area contributed by atoms with Gasteiger partial charge in [-0.3, -0.25) is 0 Å². The van der Waals surface area contributed by atoms with Gasteiger partial charge in [0, 0.05) is 16.9 Å². The number of aromatic nitrogens is 1. The minimum atomic E-state index is -3.81. The van der Waals surface area contributed by atoms with Crippen LogP contribution in [-0.4, -0.2) is 19.5 Å². The molecule has 4 nitrogen and oxygen atoms in total. The molecule has 1 aliphatic carbocycles. The summed E-state index contributed by atoms with van der Waals surface area (Å²) in [5, 5.41) is 0. The molecule has 1 aliphatic rings. The molecule has 6 heteroatoms. The van der Waals surface area contributed by atoms with E-state index in [1.807, 2.05) is 0 Å². The maximum absolute atomic E-state index is 11.4. The first-order valence-electron chi connectivity index (χ1n) is 6.03. The standard InChI is InChI=1S/C12H16ClNO3S/c1-9-4-2-5-10(8-9)17-12-11(18(13,15)16)6-3-7-14-12/h3,6-7,9-10H,2,4-5,8H2,1H3. The van der Waals surface area contributed by atoms with Crippen LogP contribution in [0.2, 0.25) is 0 Å². The predicted molar refractivity (Wildman–Crippen MR) is 69.3 cm³/mol. The van der Waals surface area contributed by atoms with Gasteiger partial charge < -0.3 is 4.74 Å². The topological polar surface area (TPSA) is 56.3 Å². The Morgan fingerprint density at radius 3 is 2.89 bits per heavy atom. The van der Waals surface area contributed by atoms with Crippen molar-refractivity contribution < 1.29 is 13.2 Å². The van der Waals surface area contributed by atoms with E-state index < -0.39 is 9.05 Å². The Hall–Kier alpha value is -0.810. The summed E-state index contributed by atoms with van der Waals surface area (Å²) in [5.41, 5.74) is 0. The highest BCUT2D eigenvalue weighted by molar-refractivity contribution is 8.13. The van der Waals surface area contributed by atoms with E-state index in [-0.39, 0.29) is 16.9 Å². The zero-order valence-electron chi connectivity index (χ0n) is 10.2. The predicted octanol–water partition coefficient (Wildman–Crippen LogP) is 2.97. The Morgan fingerprint density at radius 1 is 1.44 bits per heavy atom. The van der Waals surface area contributed by atoms with E-state index in [0.717, 1.165) is 19.3 Å². The van der Waals surface area contributed by atoms with Crippen molar-refractivity contribution in [3.05, 3.63) is 18.3 Å². The van der Waals surface area contributed by atoms with Crippen LogP contribution < -0.4 is 4.74 Å². The van der Waals surface area contributed by atoms with Gasteiger partial charge in [0.15, 0.2) is 0 Å². The molecule has 0 aliphatic heterocycles. The van der Waals surface area contributed by atoms with Gasteiger partial charge in [-0.1, -0.05) is 13.3 Å². The highest BCUT2D eigenvalue weighted by atomic mass is 35.7. The smallest absolute Gasteiger partial charge is 0.266 e. The zero-order valence-corrected chi connectivity index (χ0v) is 11.7. The van der Waals surface area contributed by atoms with Gasteiger partial charge in [0.05, 0.1) is 0 Å². The summed E-state index contributed by atoms with van der Waals surface area (Å²) in [6.07, 6.45) is 5.69. The Bertz CT molecular complexity index is 518. The molecular formula is C12H16ClNO3S. The van der Waals surface area contributed by atoms with Crippen molar-refractivity contribution in [3.8, 4) is 5.88 Å². The van der Waals surface area contributed by atoms with Crippen LogP contribution in [0.25, 0.3) is 0 Å². The van der Waals surface area contributed by atoms with Gasteiger partial charge in [-0.25, -0.2) is 13.4 Å². The Morgan fingerprint density at radius 2 is 2.22 bits per heavy atom. The molecule has 2 unspecified atom stereocenters. The first-order chi connectivity index (χ1) is 8.47. The van der Waals surface area contributed by atoms with E-state index in [1.165, 1.54) is 24.8 Å². The van der Waals surface area contributed by atoms with Crippen molar-refractivity contribution in [2.75, 3.05) is 0 Å². The molecule has 0 N–H and O–H groups in total. The monoisotopic (exact) mass is 289 g/mol. The summed E-state index contributed by atoms with van der Waals surface area (Å²) < 4.78 is 28.5.